The first-order valence-electron chi connectivity index (χ1n) is 12.0. The summed E-state index contributed by atoms with van der Waals surface area (Å²) in [5, 5.41) is 10.9. The summed E-state index contributed by atoms with van der Waals surface area (Å²) in [5.74, 6) is -0.907. The minimum absolute atomic E-state index is 0.0897. The number of benzene rings is 3. The molecule has 4 nitrogen and oxygen atoms in total. The smallest absolute Gasteiger partial charge is 0.336 e. The average molecular weight is 463 g/mol. The zero-order valence-electron chi connectivity index (χ0n) is 20.5. The number of fused-ring (bicyclic) bond motifs is 2. The molecule has 0 saturated heterocycles. The molecule has 176 valence electrons. The van der Waals surface area contributed by atoms with Gasteiger partial charge in [0.25, 0.3) is 0 Å². The van der Waals surface area contributed by atoms with Crippen LogP contribution in [0.5, 0.6) is 0 Å². The van der Waals surface area contributed by atoms with Crippen LogP contribution in [0.2, 0.25) is 0 Å². The Balaban J connectivity index is 1.64. The van der Waals surface area contributed by atoms with Gasteiger partial charge in [0.15, 0.2) is 0 Å². The van der Waals surface area contributed by atoms with Crippen LogP contribution >= 0.6 is 0 Å². The summed E-state index contributed by atoms with van der Waals surface area (Å²) >= 11 is 0. The van der Waals surface area contributed by atoms with Gasteiger partial charge in [-0.1, -0.05) is 93.6 Å². The quantitative estimate of drug-likeness (QED) is 0.363. The van der Waals surface area contributed by atoms with E-state index < -0.39 is 5.97 Å². The number of carboxylic acid groups (broad SMARTS) is 1. The van der Waals surface area contributed by atoms with E-state index in [1.807, 2.05) is 42.5 Å². The van der Waals surface area contributed by atoms with Crippen molar-refractivity contribution in [2.24, 2.45) is 0 Å². The molecule has 0 radical (unpaired) electrons. The number of pyridine rings is 1. The van der Waals surface area contributed by atoms with Crippen LogP contribution in [-0.2, 0) is 18.5 Å². The number of aromatic carboxylic acids is 1. The largest absolute Gasteiger partial charge is 0.478 e. The van der Waals surface area contributed by atoms with E-state index in [9.17, 15) is 9.90 Å². The predicted molar refractivity (Wildman–Crippen MR) is 142 cm³/mol. The second kappa shape index (κ2) is 9.12. The lowest BCUT2D eigenvalue weighted by atomic mass is 9.86. The van der Waals surface area contributed by atoms with Gasteiger partial charge >= 0.3 is 5.97 Å². The molecule has 3 aromatic carbocycles. The van der Waals surface area contributed by atoms with E-state index in [0.717, 1.165) is 28.9 Å². The van der Waals surface area contributed by atoms with E-state index in [4.69, 9.17) is 4.98 Å². The maximum Gasteiger partial charge on any atom is 0.336 e. The van der Waals surface area contributed by atoms with E-state index in [2.05, 4.69) is 68.1 Å². The zero-order chi connectivity index (χ0) is 24.6. The number of hydrogen-bond donors (Lipinski definition) is 1. The molecule has 0 amide bonds. The third-order valence-corrected chi connectivity index (χ3v) is 6.65. The molecule has 35 heavy (non-hydrogen) atoms. The van der Waals surface area contributed by atoms with Crippen molar-refractivity contribution in [3.05, 3.63) is 112 Å². The number of hydrogen-bond acceptors (Lipinski definition) is 3. The molecule has 0 fully saturated rings. The number of carboxylic acids is 1. The molecule has 1 N–H and O–H groups in total. The normalized spacial score (nSPS) is 15.3. The molecule has 0 saturated carbocycles. The van der Waals surface area contributed by atoms with Gasteiger partial charge in [0, 0.05) is 30.6 Å². The first-order chi connectivity index (χ1) is 16.8. The Morgan fingerprint density at radius 2 is 1.63 bits per heavy atom. The summed E-state index contributed by atoms with van der Waals surface area (Å²) in [7, 11) is 0. The fourth-order valence-corrected chi connectivity index (χ4v) is 4.86. The molecular weight excluding hydrogens is 432 g/mol. The van der Waals surface area contributed by atoms with Gasteiger partial charge in [0.05, 0.1) is 16.8 Å². The van der Waals surface area contributed by atoms with Crippen LogP contribution in [0.1, 0.15) is 59.1 Å². The molecule has 0 atom stereocenters. The minimum Gasteiger partial charge on any atom is -0.478 e. The highest BCUT2D eigenvalue weighted by molar-refractivity contribution is 6.06. The Morgan fingerprint density at radius 1 is 0.943 bits per heavy atom. The molecule has 4 aromatic rings. The lowest BCUT2D eigenvalue weighted by Crippen LogP contribution is -2.31. The Hall–Kier alpha value is -3.76. The lowest BCUT2D eigenvalue weighted by Gasteiger charge is -2.31. The Kier molecular flexibility index (Phi) is 6.00. The summed E-state index contributed by atoms with van der Waals surface area (Å²) in [6.07, 6.45) is 2.16. The first kappa shape index (κ1) is 23.0. The standard InChI is InChI=1S/C31H30N2O2/c1-31(2,3)24-15-13-21(14-16-24)17-23-19-33(18-22-9-5-4-6-10-22)20-26-28(30(34)35)25-11-7-8-12-27(25)32-29(23)26/h4-17H,18-20H2,1-3H3,(H,34,35). The van der Waals surface area contributed by atoms with E-state index in [-0.39, 0.29) is 5.41 Å². The highest BCUT2D eigenvalue weighted by Crippen LogP contribution is 2.35. The number of aromatic nitrogens is 1. The van der Waals surface area contributed by atoms with Crippen molar-refractivity contribution in [2.45, 2.75) is 39.3 Å². The van der Waals surface area contributed by atoms with Crippen LogP contribution in [0, 0.1) is 0 Å². The monoisotopic (exact) mass is 462 g/mol. The first-order valence-corrected chi connectivity index (χ1v) is 12.0. The maximum atomic E-state index is 12.5. The van der Waals surface area contributed by atoms with Gasteiger partial charge in [-0.05, 0) is 39.8 Å². The summed E-state index contributed by atoms with van der Waals surface area (Å²) in [4.78, 5) is 19.8. The fourth-order valence-electron chi connectivity index (χ4n) is 4.86. The topological polar surface area (TPSA) is 53.4 Å². The van der Waals surface area contributed by atoms with E-state index in [1.54, 1.807) is 0 Å². The Labute approximate surface area is 206 Å². The average Bonchev–Trinajstić information content (AvgIpc) is 2.83. The zero-order valence-corrected chi connectivity index (χ0v) is 20.5. The lowest BCUT2D eigenvalue weighted by molar-refractivity contribution is 0.0696. The third-order valence-electron chi connectivity index (χ3n) is 6.65. The molecule has 1 aromatic heterocycles. The molecule has 1 aliphatic heterocycles. The van der Waals surface area contributed by atoms with E-state index >= 15 is 0 Å². The van der Waals surface area contributed by atoms with Crippen LogP contribution < -0.4 is 0 Å². The summed E-state index contributed by atoms with van der Waals surface area (Å²) in [6.45, 7) is 8.62. The molecule has 0 unspecified atom stereocenters. The number of nitrogens with zero attached hydrogens (tertiary/aromatic N) is 2. The van der Waals surface area contributed by atoms with Crippen molar-refractivity contribution in [2.75, 3.05) is 6.54 Å². The second-order valence-electron chi connectivity index (χ2n) is 10.3. The summed E-state index contributed by atoms with van der Waals surface area (Å²) in [5.41, 5.74) is 7.37. The van der Waals surface area contributed by atoms with E-state index in [1.165, 1.54) is 11.1 Å². The van der Waals surface area contributed by atoms with Crippen LogP contribution in [-0.4, -0.2) is 27.5 Å². The van der Waals surface area contributed by atoms with E-state index in [0.29, 0.717) is 29.6 Å². The van der Waals surface area contributed by atoms with Crippen molar-refractivity contribution in [1.82, 2.24) is 9.88 Å². The molecule has 5 rings (SSSR count). The molecule has 4 heteroatoms. The van der Waals surface area contributed by atoms with Gasteiger partial charge in [-0.3, -0.25) is 4.90 Å². The van der Waals surface area contributed by atoms with Crippen LogP contribution in [0.4, 0.5) is 0 Å². The van der Waals surface area contributed by atoms with Crippen molar-refractivity contribution < 1.29 is 9.90 Å². The highest BCUT2D eigenvalue weighted by Gasteiger charge is 2.28. The van der Waals surface area contributed by atoms with Crippen LogP contribution in [0.25, 0.3) is 22.6 Å². The number of rotatable bonds is 4. The molecule has 0 bridgehead atoms. The van der Waals surface area contributed by atoms with Crippen LogP contribution in [0.15, 0.2) is 78.9 Å². The number of carbonyl (C=O) groups is 1. The van der Waals surface area contributed by atoms with Crippen LogP contribution in [0.3, 0.4) is 0 Å². The van der Waals surface area contributed by atoms with Gasteiger partial charge in [-0.15, -0.1) is 0 Å². The van der Waals surface area contributed by atoms with Crippen molar-refractivity contribution in [3.63, 3.8) is 0 Å². The molecule has 2 heterocycles. The molecule has 1 aliphatic rings. The van der Waals surface area contributed by atoms with Gasteiger partial charge < -0.3 is 5.11 Å². The molecule has 0 aliphatic carbocycles. The Bertz CT molecular complexity index is 1410. The molecular formula is C31H30N2O2. The number of para-hydroxylation sites is 1. The summed E-state index contributed by atoms with van der Waals surface area (Å²) in [6, 6.07) is 26.5. The summed E-state index contributed by atoms with van der Waals surface area (Å²) < 4.78 is 0. The van der Waals surface area contributed by atoms with Gasteiger partial charge in [0.1, 0.15) is 0 Å². The highest BCUT2D eigenvalue weighted by atomic mass is 16.4. The second-order valence-corrected chi connectivity index (χ2v) is 10.3. The van der Waals surface area contributed by atoms with Gasteiger partial charge in [-0.2, -0.15) is 0 Å². The van der Waals surface area contributed by atoms with Gasteiger partial charge in [0.2, 0.25) is 0 Å². The molecule has 0 spiro atoms. The van der Waals surface area contributed by atoms with Crippen molar-refractivity contribution in [3.8, 4) is 0 Å². The minimum atomic E-state index is -0.907. The Morgan fingerprint density at radius 3 is 2.31 bits per heavy atom. The van der Waals surface area contributed by atoms with Crippen molar-refractivity contribution in [1.29, 1.82) is 0 Å². The predicted octanol–water partition coefficient (Wildman–Crippen LogP) is 6.79. The SMILES string of the molecule is CC(C)(C)c1ccc(C=C2CN(Cc3ccccc3)Cc3c2nc2ccccc2c3C(=O)O)cc1. The van der Waals surface area contributed by atoms with Crippen molar-refractivity contribution >= 4 is 28.5 Å². The maximum absolute atomic E-state index is 12.5. The van der Waals surface area contributed by atoms with Gasteiger partial charge in [-0.25, -0.2) is 9.78 Å². The third kappa shape index (κ3) is 4.75. The fraction of sp³-hybridized carbons (Fsp3) is 0.226.